The number of rotatable bonds is 4. The van der Waals surface area contributed by atoms with Crippen LogP contribution in [0.3, 0.4) is 0 Å². The van der Waals surface area contributed by atoms with Crippen molar-refractivity contribution in [2.75, 3.05) is 7.11 Å². The number of ether oxygens (including phenoxy) is 1. The topological polar surface area (TPSA) is 35.2 Å². The molecular formula is C14H27NO. The van der Waals surface area contributed by atoms with Gasteiger partial charge in [0.15, 0.2) is 0 Å². The molecule has 2 unspecified atom stereocenters. The number of hydrogen-bond donors (Lipinski definition) is 1. The predicted molar refractivity (Wildman–Crippen MR) is 69.4 cm³/mol. The zero-order chi connectivity index (χ0) is 12.0. The van der Waals surface area contributed by atoms with Crippen LogP contribution in [0.2, 0.25) is 0 Å². The Bertz CT molecular complexity index is 223. The van der Waals surface area contributed by atoms with Crippen LogP contribution in [0.15, 0.2) is 11.6 Å². The van der Waals surface area contributed by atoms with Gasteiger partial charge in [-0.1, -0.05) is 38.3 Å². The lowest BCUT2D eigenvalue weighted by Crippen LogP contribution is -2.41. The quantitative estimate of drug-likeness (QED) is 0.745. The first-order valence-corrected chi connectivity index (χ1v) is 6.64. The maximum atomic E-state index is 6.33. The summed E-state index contributed by atoms with van der Waals surface area (Å²) in [6.07, 6.45) is 10.2. The Morgan fingerprint density at radius 2 is 1.88 bits per heavy atom. The van der Waals surface area contributed by atoms with Crippen molar-refractivity contribution in [3.8, 4) is 0 Å². The zero-order valence-electron chi connectivity index (χ0n) is 11.0. The second-order valence-corrected chi connectivity index (χ2v) is 5.20. The fourth-order valence-electron chi connectivity index (χ4n) is 2.56. The molecule has 16 heavy (non-hydrogen) atoms. The van der Waals surface area contributed by atoms with Crippen molar-refractivity contribution < 1.29 is 4.74 Å². The Balaban J connectivity index is 2.64. The van der Waals surface area contributed by atoms with E-state index < -0.39 is 0 Å². The van der Waals surface area contributed by atoms with E-state index in [1.807, 2.05) is 0 Å². The van der Waals surface area contributed by atoms with Crippen molar-refractivity contribution in [3.05, 3.63) is 11.6 Å². The highest BCUT2D eigenvalue weighted by Crippen LogP contribution is 2.23. The van der Waals surface area contributed by atoms with Gasteiger partial charge in [-0.05, 0) is 31.6 Å². The molecule has 0 radical (unpaired) electrons. The molecule has 0 fully saturated rings. The number of nitrogens with two attached hydrogens (primary N) is 1. The highest BCUT2D eigenvalue weighted by atomic mass is 16.5. The van der Waals surface area contributed by atoms with Gasteiger partial charge in [0.05, 0.1) is 12.1 Å². The van der Waals surface area contributed by atoms with Gasteiger partial charge in [0.1, 0.15) is 0 Å². The lowest BCUT2D eigenvalue weighted by molar-refractivity contribution is 0.0517. The van der Waals surface area contributed by atoms with Crippen LogP contribution in [0.1, 0.15) is 52.4 Å². The minimum absolute atomic E-state index is 0.0862. The Morgan fingerprint density at radius 1 is 1.19 bits per heavy atom. The van der Waals surface area contributed by atoms with Crippen LogP contribution in [-0.2, 0) is 4.74 Å². The third kappa shape index (κ3) is 3.91. The van der Waals surface area contributed by atoms with Gasteiger partial charge in [0.25, 0.3) is 0 Å². The van der Waals surface area contributed by atoms with E-state index in [0.29, 0.717) is 5.92 Å². The molecule has 0 heterocycles. The van der Waals surface area contributed by atoms with Crippen LogP contribution in [-0.4, -0.2) is 19.3 Å². The minimum atomic E-state index is 0.0862. The van der Waals surface area contributed by atoms with Crippen molar-refractivity contribution in [3.63, 3.8) is 0 Å². The molecule has 2 heteroatoms. The van der Waals surface area contributed by atoms with E-state index in [0.717, 1.165) is 6.42 Å². The first-order valence-electron chi connectivity index (χ1n) is 6.64. The summed E-state index contributed by atoms with van der Waals surface area (Å²) in [5.74, 6) is 0.478. The number of hydrogen-bond acceptors (Lipinski definition) is 2. The largest absolute Gasteiger partial charge is 0.379 e. The molecule has 0 bridgehead atoms. The number of methoxy groups -OCH3 is 1. The summed E-state index contributed by atoms with van der Waals surface area (Å²) in [5, 5.41) is 0. The highest BCUT2D eigenvalue weighted by molar-refractivity contribution is 5.13. The SMILES string of the molecule is COC(C(C)C)C(N)C1=CCCCCCC1. The minimum Gasteiger partial charge on any atom is -0.379 e. The standard InChI is InChI=1S/C14H27NO/c1-11(2)14(16-3)13(15)12-9-7-5-4-6-8-10-12/h9,11,13-14H,4-8,10,15H2,1-3H3. The molecule has 0 aromatic heterocycles. The Labute approximate surface area is 100 Å². The molecule has 0 aliphatic heterocycles. The molecule has 94 valence electrons. The van der Waals surface area contributed by atoms with Gasteiger partial charge in [-0.2, -0.15) is 0 Å². The first kappa shape index (κ1) is 13.7. The third-order valence-corrected chi connectivity index (χ3v) is 3.54. The molecule has 0 aromatic rings. The maximum Gasteiger partial charge on any atom is 0.0783 e. The average Bonchev–Trinajstić information content (AvgIpc) is 2.16. The molecule has 2 atom stereocenters. The molecule has 0 amide bonds. The van der Waals surface area contributed by atoms with E-state index in [4.69, 9.17) is 10.5 Å². The zero-order valence-corrected chi connectivity index (χ0v) is 11.0. The van der Waals surface area contributed by atoms with E-state index in [1.54, 1.807) is 7.11 Å². The van der Waals surface area contributed by atoms with Gasteiger partial charge in [0, 0.05) is 7.11 Å². The highest BCUT2D eigenvalue weighted by Gasteiger charge is 2.23. The summed E-state index contributed by atoms with van der Waals surface area (Å²) < 4.78 is 5.53. The third-order valence-electron chi connectivity index (χ3n) is 3.54. The van der Waals surface area contributed by atoms with Crippen LogP contribution in [0, 0.1) is 5.92 Å². The van der Waals surface area contributed by atoms with Crippen molar-refractivity contribution >= 4 is 0 Å². The molecule has 2 nitrogen and oxygen atoms in total. The molecular weight excluding hydrogens is 198 g/mol. The summed E-state index contributed by atoms with van der Waals surface area (Å²) in [4.78, 5) is 0. The summed E-state index contributed by atoms with van der Waals surface area (Å²) >= 11 is 0. The molecule has 1 aliphatic rings. The van der Waals surface area contributed by atoms with Crippen LogP contribution in [0.25, 0.3) is 0 Å². The Morgan fingerprint density at radius 3 is 2.50 bits per heavy atom. The van der Waals surface area contributed by atoms with Gasteiger partial charge in [-0.3, -0.25) is 0 Å². The van der Waals surface area contributed by atoms with Crippen molar-refractivity contribution in [1.82, 2.24) is 0 Å². The molecule has 0 saturated heterocycles. The van der Waals surface area contributed by atoms with Crippen LogP contribution >= 0.6 is 0 Å². The van der Waals surface area contributed by atoms with Crippen molar-refractivity contribution in [1.29, 1.82) is 0 Å². The summed E-state index contributed by atoms with van der Waals surface area (Å²) in [6, 6.07) is 0.0862. The lowest BCUT2D eigenvalue weighted by atomic mass is 9.89. The van der Waals surface area contributed by atoms with E-state index in [9.17, 15) is 0 Å². The fraction of sp³-hybridized carbons (Fsp3) is 0.857. The van der Waals surface area contributed by atoms with Crippen molar-refractivity contribution in [2.45, 2.75) is 64.5 Å². The van der Waals surface area contributed by atoms with Gasteiger partial charge in [-0.25, -0.2) is 0 Å². The van der Waals surface area contributed by atoms with Crippen LogP contribution in [0.4, 0.5) is 0 Å². The predicted octanol–water partition coefficient (Wildman–Crippen LogP) is 3.27. The normalized spacial score (nSPS) is 22.2. The first-order chi connectivity index (χ1) is 7.66. The number of allylic oxidation sites excluding steroid dienone is 1. The molecule has 0 spiro atoms. The average molecular weight is 225 g/mol. The van der Waals surface area contributed by atoms with Gasteiger partial charge < -0.3 is 10.5 Å². The van der Waals surface area contributed by atoms with Gasteiger partial charge >= 0.3 is 0 Å². The molecule has 0 aromatic carbocycles. The molecule has 1 rings (SSSR count). The van der Waals surface area contributed by atoms with E-state index in [2.05, 4.69) is 19.9 Å². The van der Waals surface area contributed by atoms with Gasteiger partial charge in [-0.15, -0.1) is 0 Å². The smallest absolute Gasteiger partial charge is 0.0783 e. The Hall–Kier alpha value is -0.340. The molecule has 2 N–H and O–H groups in total. The molecule has 0 saturated carbocycles. The second-order valence-electron chi connectivity index (χ2n) is 5.20. The van der Waals surface area contributed by atoms with Gasteiger partial charge in [0.2, 0.25) is 0 Å². The fourth-order valence-corrected chi connectivity index (χ4v) is 2.56. The summed E-state index contributed by atoms with van der Waals surface area (Å²) in [5.41, 5.74) is 7.75. The van der Waals surface area contributed by atoms with E-state index in [-0.39, 0.29) is 12.1 Å². The second kappa shape index (κ2) is 7.08. The van der Waals surface area contributed by atoms with E-state index >= 15 is 0 Å². The summed E-state index contributed by atoms with van der Waals surface area (Å²) in [6.45, 7) is 4.36. The Kier molecular flexibility index (Phi) is 6.07. The monoisotopic (exact) mass is 225 g/mol. The van der Waals surface area contributed by atoms with E-state index in [1.165, 1.54) is 37.7 Å². The maximum absolute atomic E-state index is 6.33. The van der Waals surface area contributed by atoms with Crippen LogP contribution in [0.5, 0.6) is 0 Å². The summed E-state index contributed by atoms with van der Waals surface area (Å²) in [7, 11) is 1.77. The van der Waals surface area contributed by atoms with Crippen LogP contribution < -0.4 is 5.73 Å². The molecule has 1 aliphatic carbocycles. The van der Waals surface area contributed by atoms with Crippen molar-refractivity contribution in [2.24, 2.45) is 11.7 Å². The lowest BCUT2D eigenvalue weighted by Gasteiger charge is -2.28.